The molecular formula is C20H18N4O3. The maximum Gasteiger partial charge on any atom is 0.337 e. The van der Waals surface area contributed by atoms with E-state index in [-0.39, 0.29) is 11.5 Å². The number of carboxylic acid groups (broad SMARTS) is 1. The van der Waals surface area contributed by atoms with Crippen LogP contribution in [0, 0.1) is 13.8 Å². The van der Waals surface area contributed by atoms with E-state index in [0.29, 0.717) is 11.3 Å². The SMILES string of the molecule is Cc1cc(/C=N/NC(=O)c2cccnc2)c(C)n1-c1ccccc1C(=O)O. The molecule has 2 aromatic heterocycles. The molecule has 1 aromatic carbocycles. The molecule has 0 saturated carbocycles. The summed E-state index contributed by atoms with van der Waals surface area (Å²) in [6, 6.07) is 12.0. The van der Waals surface area contributed by atoms with Crippen molar-refractivity contribution in [3.8, 4) is 5.69 Å². The van der Waals surface area contributed by atoms with Crippen LogP contribution < -0.4 is 5.43 Å². The fraction of sp³-hybridized carbons (Fsp3) is 0.100. The highest BCUT2D eigenvalue weighted by atomic mass is 16.4. The largest absolute Gasteiger partial charge is 0.478 e. The third kappa shape index (κ3) is 3.77. The van der Waals surface area contributed by atoms with Crippen LogP contribution in [0.4, 0.5) is 0 Å². The van der Waals surface area contributed by atoms with Crippen LogP contribution in [0.3, 0.4) is 0 Å². The first-order valence-electron chi connectivity index (χ1n) is 8.24. The number of carboxylic acids is 1. The average molecular weight is 362 g/mol. The first kappa shape index (κ1) is 18.1. The number of nitrogens with one attached hydrogen (secondary N) is 1. The van der Waals surface area contributed by atoms with Crippen molar-refractivity contribution in [2.45, 2.75) is 13.8 Å². The van der Waals surface area contributed by atoms with Crippen molar-refractivity contribution in [2.24, 2.45) is 5.10 Å². The predicted octanol–water partition coefficient (Wildman–Crippen LogP) is 2.95. The lowest BCUT2D eigenvalue weighted by atomic mass is 10.1. The summed E-state index contributed by atoms with van der Waals surface area (Å²) in [7, 11) is 0. The van der Waals surface area contributed by atoms with Gasteiger partial charge in [-0.15, -0.1) is 0 Å². The molecule has 2 heterocycles. The zero-order valence-corrected chi connectivity index (χ0v) is 14.9. The number of hydrazone groups is 1. The summed E-state index contributed by atoms with van der Waals surface area (Å²) in [4.78, 5) is 27.4. The minimum atomic E-state index is -0.989. The Morgan fingerprint density at radius 3 is 2.67 bits per heavy atom. The Morgan fingerprint density at radius 2 is 1.96 bits per heavy atom. The lowest BCUT2D eigenvalue weighted by molar-refractivity contribution is 0.0696. The van der Waals surface area contributed by atoms with Crippen molar-refractivity contribution in [1.29, 1.82) is 0 Å². The fourth-order valence-corrected chi connectivity index (χ4v) is 2.86. The van der Waals surface area contributed by atoms with Gasteiger partial charge in [-0.2, -0.15) is 5.10 Å². The Kier molecular flexibility index (Phi) is 5.12. The molecule has 3 rings (SSSR count). The number of nitrogens with zero attached hydrogens (tertiary/aromatic N) is 3. The highest BCUT2D eigenvalue weighted by Crippen LogP contribution is 2.22. The number of benzene rings is 1. The number of aromatic carboxylic acids is 1. The molecule has 0 aliphatic rings. The summed E-state index contributed by atoms with van der Waals surface area (Å²) in [6.45, 7) is 3.76. The number of aromatic nitrogens is 2. The third-order valence-corrected chi connectivity index (χ3v) is 4.14. The van der Waals surface area contributed by atoms with Crippen molar-refractivity contribution >= 4 is 18.1 Å². The summed E-state index contributed by atoms with van der Waals surface area (Å²) in [5, 5.41) is 13.4. The second kappa shape index (κ2) is 7.65. The number of hydrogen-bond acceptors (Lipinski definition) is 4. The fourth-order valence-electron chi connectivity index (χ4n) is 2.86. The summed E-state index contributed by atoms with van der Waals surface area (Å²) < 4.78 is 1.85. The number of para-hydroxylation sites is 1. The van der Waals surface area contributed by atoms with E-state index in [1.54, 1.807) is 42.6 Å². The van der Waals surface area contributed by atoms with E-state index in [1.807, 2.05) is 24.5 Å². The summed E-state index contributed by atoms with van der Waals surface area (Å²) in [6.07, 6.45) is 4.58. The lowest BCUT2D eigenvalue weighted by Gasteiger charge is -2.12. The molecular weight excluding hydrogens is 344 g/mol. The first-order valence-corrected chi connectivity index (χ1v) is 8.24. The zero-order chi connectivity index (χ0) is 19.4. The summed E-state index contributed by atoms with van der Waals surface area (Å²) >= 11 is 0. The zero-order valence-electron chi connectivity index (χ0n) is 14.9. The standard InChI is InChI=1S/C20H18N4O3/c1-13-10-16(12-22-23-19(25)15-6-5-9-21-11-15)14(2)24(13)18-8-4-3-7-17(18)20(26)27/h3-12H,1-2H3,(H,23,25)(H,26,27)/b22-12+. The van der Waals surface area contributed by atoms with Gasteiger partial charge in [0.2, 0.25) is 0 Å². The van der Waals surface area contributed by atoms with Gasteiger partial charge in [0.1, 0.15) is 0 Å². The molecule has 7 nitrogen and oxygen atoms in total. The Hall–Kier alpha value is -3.74. The molecule has 0 atom stereocenters. The van der Waals surface area contributed by atoms with Gasteiger partial charge in [-0.3, -0.25) is 9.78 Å². The normalized spacial score (nSPS) is 10.9. The van der Waals surface area contributed by atoms with Crippen LogP contribution in [-0.4, -0.2) is 32.7 Å². The Labute approximate surface area is 156 Å². The van der Waals surface area contributed by atoms with E-state index < -0.39 is 5.97 Å². The van der Waals surface area contributed by atoms with E-state index in [2.05, 4.69) is 15.5 Å². The number of amides is 1. The third-order valence-electron chi connectivity index (χ3n) is 4.14. The van der Waals surface area contributed by atoms with Crippen molar-refractivity contribution in [1.82, 2.24) is 15.0 Å². The highest BCUT2D eigenvalue weighted by Gasteiger charge is 2.15. The highest BCUT2D eigenvalue weighted by molar-refractivity contribution is 5.95. The topological polar surface area (TPSA) is 96.6 Å². The average Bonchev–Trinajstić information content (AvgIpc) is 2.95. The van der Waals surface area contributed by atoms with Crippen LogP contribution in [-0.2, 0) is 0 Å². The Bertz CT molecular complexity index is 1020. The van der Waals surface area contributed by atoms with Gasteiger partial charge in [0.15, 0.2) is 0 Å². The van der Waals surface area contributed by atoms with Crippen LogP contribution in [0.1, 0.15) is 37.7 Å². The number of aryl methyl sites for hydroxylation is 1. The molecule has 0 bridgehead atoms. The van der Waals surface area contributed by atoms with E-state index in [0.717, 1.165) is 17.0 Å². The molecule has 0 unspecified atom stereocenters. The summed E-state index contributed by atoms with van der Waals surface area (Å²) in [5.74, 6) is -1.35. The quantitative estimate of drug-likeness (QED) is 0.539. The number of rotatable bonds is 5. The van der Waals surface area contributed by atoms with Crippen LogP contribution in [0.25, 0.3) is 5.69 Å². The molecule has 136 valence electrons. The van der Waals surface area contributed by atoms with Crippen LogP contribution in [0.2, 0.25) is 0 Å². The molecule has 0 spiro atoms. The summed E-state index contributed by atoms with van der Waals surface area (Å²) in [5.41, 5.74) is 6.13. The van der Waals surface area contributed by atoms with Crippen molar-refractivity contribution in [3.63, 3.8) is 0 Å². The molecule has 0 aliphatic carbocycles. The molecule has 1 amide bonds. The molecule has 3 aromatic rings. The van der Waals surface area contributed by atoms with Gasteiger partial charge in [0.05, 0.1) is 23.0 Å². The van der Waals surface area contributed by atoms with Gasteiger partial charge in [0.25, 0.3) is 5.91 Å². The molecule has 27 heavy (non-hydrogen) atoms. The van der Waals surface area contributed by atoms with E-state index in [1.165, 1.54) is 12.4 Å². The van der Waals surface area contributed by atoms with Crippen LogP contribution >= 0.6 is 0 Å². The second-order valence-corrected chi connectivity index (χ2v) is 5.93. The monoisotopic (exact) mass is 362 g/mol. The first-order chi connectivity index (χ1) is 13.0. The maximum atomic E-state index is 12.0. The Morgan fingerprint density at radius 1 is 1.19 bits per heavy atom. The van der Waals surface area contributed by atoms with E-state index in [9.17, 15) is 14.7 Å². The van der Waals surface area contributed by atoms with Crippen LogP contribution in [0.15, 0.2) is 60.0 Å². The van der Waals surface area contributed by atoms with E-state index >= 15 is 0 Å². The Balaban J connectivity index is 1.87. The number of hydrogen-bond donors (Lipinski definition) is 2. The molecule has 0 aliphatic heterocycles. The van der Waals surface area contributed by atoms with Crippen molar-refractivity contribution in [2.75, 3.05) is 0 Å². The van der Waals surface area contributed by atoms with Crippen molar-refractivity contribution < 1.29 is 14.7 Å². The predicted molar refractivity (Wildman–Crippen MR) is 101 cm³/mol. The van der Waals surface area contributed by atoms with Gasteiger partial charge in [-0.25, -0.2) is 10.2 Å². The number of carbonyl (C=O) groups is 2. The number of carbonyl (C=O) groups excluding carboxylic acids is 1. The van der Waals surface area contributed by atoms with Gasteiger partial charge < -0.3 is 9.67 Å². The minimum Gasteiger partial charge on any atom is -0.478 e. The molecule has 0 radical (unpaired) electrons. The van der Waals surface area contributed by atoms with Crippen molar-refractivity contribution in [3.05, 3.63) is 82.9 Å². The molecule has 0 fully saturated rings. The maximum absolute atomic E-state index is 12.0. The van der Waals surface area contributed by atoms with Gasteiger partial charge >= 0.3 is 5.97 Å². The second-order valence-electron chi connectivity index (χ2n) is 5.93. The molecule has 7 heteroatoms. The van der Waals surface area contributed by atoms with Crippen LogP contribution in [0.5, 0.6) is 0 Å². The minimum absolute atomic E-state index is 0.215. The van der Waals surface area contributed by atoms with Gasteiger partial charge in [0, 0.05) is 29.3 Å². The lowest BCUT2D eigenvalue weighted by Crippen LogP contribution is -2.17. The van der Waals surface area contributed by atoms with E-state index in [4.69, 9.17) is 0 Å². The van der Waals surface area contributed by atoms with Gasteiger partial charge in [-0.1, -0.05) is 12.1 Å². The van der Waals surface area contributed by atoms with Gasteiger partial charge in [-0.05, 0) is 44.2 Å². The molecule has 0 saturated heterocycles. The molecule has 2 N–H and O–H groups in total. The smallest absolute Gasteiger partial charge is 0.337 e. The number of pyridine rings is 1.